The Bertz CT molecular complexity index is 289. The van der Waals surface area contributed by atoms with Crippen molar-refractivity contribution in [2.24, 2.45) is 0 Å². The van der Waals surface area contributed by atoms with Gasteiger partial charge in [-0.2, -0.15) is 13.2 Å². The number of hydrogen-bond donors (Lipinski definition) is 2. The lowest BCUT2D eigenvalue weighted by Crippen LogP contribution is -2.21. The molecular weight excluding hydrogens is 207 g/mol. The summed E-state index contributed by atoms with van der Waals surface area (Å²) in [7, 11) is 0. The maximum Gasteiger partial charge on any atom is 0.490 e. The molecule has 0 bridgehead atoms. The molecule has 0 radical (unpaired) electrons. The Morgan fingerprint density at radius 1 is 1.43 bits per heavy atom. The Morgan fingerprint density at radius 3 is 2.07 bits per heavy atom. The largest absolute Gasteiger partial charge is 0.490 e. The monoisotopic (exact) mass is 211 g/mol. The zero-order chi connectivity index (χ0) is 11.2. The number of aliphatic carboxylic acids is 1. The van der Waals surface area contributed by atoms with Crippen LogP contribution in [0.3, 0.4) is 0 Å². The van der Waals surface area contributed by atoms with Crippen molar-refractivity contribution in [2.45, 2.75) is 6.18 Å². The number of carboxylic acids is 1. The molecule has 10 heteroatoms. The molecule has 0 aliphatic rings. The Kier molecular flexibility index (Phi) is 4.19. The molecule has 1 aromatic rings. The lowest BCUT2D eigenvalue weighted by Gasteiger charge is -1.93. The van der Waals surface area contributed by atoms with Crippen LogP contribution in [-0.4, -0.2) is 37.9 Å². The number of carboxylic acid groups (broad SMARTS) is 1. The number of nitrogens with zero attached hydrogens (tertiary/aromatic N) is 4. The zero-order valence-electron chi connectivity index (χ0n) is 6.43. The second kappa shape index (κ2) is 4.89. The van der Waals surface area contributed by atoms with E-state index in [0.29, 0.717) is 0 Å². The van der Waals surface area contributed by atoms with Gasteiger partial charge in [0, 0.05) is 0 Å². The average molecular weight is 211 g/mol. The van der Waals surface area contributed by atoms with E-state index >= 15 is 0 Å². The molecule has 0 aromatic carbocycles. The summed E-state index contributed by atoms with van der Waals surface area (Å²) >= 11 is 0. The van der Waals surface area contributed by atoms with Crippen LogP contribution in [0, 0.1) is 0 Å². The third kappa shape index (κ3) is 5.62. The summed E-state index contributed by atoms with van der Waals surface area (Å²) in [6.45, 7) is 0. The molecule has 0 aliphatic carbocycles. The van der Waals surface area contributed by atoms with Gasteiger partial charge in [0.25, 0.3) is 0 Å². The Morgan fingerprint density at radius 2 is 1.93 bits per heavy atom. The number of rotatable bonds is 0. The number of alkyl halides is 3. The average Bonchev–Trinajstić information content (AvgIpc) is 2.04. The van der Waals surface area contributed by atoms with Crippen LogP contribution < -0.4 is 5.73 Å². The Hall–Kier alpha value is -2.00. The number of halogens is 3. The van der Waals surface area contributed by atoms with Crippen LogP contribution in [0.4, 0.5) is 19.0 Å². The minimum atomic E-state index is -5.08. The molecule has 0 spiro atoms. The predicted octanol–water partition coefficient (Wildman–Crippen LogP) is -0.518. The maximum absolute atomic E-state index is 10.6. The fourth-order valence-corrected chi connectivity index (χ4v) is 0.206. The van der Waals surface area contributed by atoms with E-state index in [4.69, 9.17) is 15.6 Å². The van der Waals surface area contributed by atoms with Crippen molar-refractivity contribution in [3.63, 3.8) is 0 Å². The van der Waals surface area contributed by atoms with Crippen molar-refractivity contribution in [3.8, 4) is 0 Å². The van der Waals surface area contributed by atoms with Gasteiger partial charge < -0.3 is 10.8 Å². The van der Waals surface area contributed by atoms with Crippen LogP contribution in [-0.2, 0) is 4.79 Å². The summed E-state index contributed by atoms with van der Waals surface area (Å²) in [4.78, 5) is 8.90. The van der Waals surface area contributed by atoms with Gasteiger partial charge in [0.2, 0.25) is 0 Å². The molecule has 14 heavy (non-hydrogen) atoms. The van der Waals surface area contributed by atoms with Crippen molar-refractivity contribution in [1.82, 2.24) is 20.6 Å². The highest BCUT2D eigenvalue weighted by Gasteiger charge is 2.38. The Labute approximate surface area is 74.7 Å². The SMILES string of the molecule is Nc1cnnnn1.O=C(O)C(F)(F)F. The van der Waals surface area contributed by atoms with E-state index in [-0.39, 0.29) is 5.82 Å². The molecule has 1 rings (SSSR count). The molecule has 1 aromatic heterocycles. The molecule has 7 nitrogen and oxygen atoms in total. The quantitative estimate of drug-likeness (QED) is 0.593. The van der Waals surface area contributed by atoms with Gasteiger partial charge in [-0.05, 0) is 10.4 Å². The highest BCUT2D eigenvalue weighted by Crippen LogP contribution is 2.13. The van der Waals surface area contributed by atoms with Crippen molar-refractivity contribution < 1.29 is 23.1 Å². The van der Waals surface area contributed by atoms with Gasteiger partial charge in [0.05, 0.1) is 6.20 Å². The van der Waals surface area contributed by atoms with Crippen molar-refractivity contribution in [1.29, 1.82) is 0 Å². The maximum atomic E-state index is 10.6. The smallest absolute Gasteiger partial charge is 0.475 e. The number of aromatic nitrogens is 4. The molecule has 78 valence electrons. The fraction of sp³-hybridized carbons (Fsp3) is 0.250. The van der Waals surface area contributed by atoms with Gasteiger partial charge in [0.1, 0.15) is 0 Å². The first-order valence-corrected chi connectivity index (χ1v) is 2.90. The van der Waals surface area contributed by atoms with Gasteiger partial charge in [-0.3, -0.25) is 0 Å². The van der Waals surface area contributed by atoms with E-state index < -0.39 is 12.1 Å². The molecule has 0 unspecified atom stereocenters. The second-order valence-electron chi connectivity index (χ2n) is 1.75. The fourth-order valence-electron chi connectivity index (χ4n) is 0.206. The topological polar surface area (TPSA) is 115 Å². The van der Waals surface area contributed by atoms with Gasteiger partial charge in [0.15, 0.2) is 5.82 Å². The molecule has 0 atom stereocenters. The molecular formula is C4H4F3N5O2. The van der Waals surface area contributed by atoms with Crippen molar-refractivity contribution in [3.05, 3.63) is 6.20 Å². The first-order chi connectivity index (χ1) is 6.34. The van der Waals surface area contributed by atoms with E-state index in [1.165, 1.54) is 6.20 Å². The van der Waals surface area contributed by atoms with Crippen molar-refractivity contribution >= 4 is 11.8 Å². The van der Waals surface area contributed by atoms with Crippen LogP contribution in [0.25, 0.3) is 0 Å². The number of carbonyl (C=O) groups is 1. The highest BCUT2D eigenvalue weighted by atomic mass is 19.4. The van der Waals surface area contributed by atoms with E-state index in [1.807, 2.05) is 0 Å². The minimum Gasteiger partial charge on any atom is -0.475 e. The van der Waals surface area contributed by atoms with E-state index in [9.17, 15) is 13.2 Å². The summed E-state index contributed by atoms with van der Waals surface area (Å²) in [5.41, 5.74) is 5.08. The third-order valence-electron chi connectivity index (χ3n) is 0.684. The number of anilines is 1. The van der Waals surface area contributed by atoms with Crippen LogP contribution in [0.1, 0.15) is 0 Å². The minimum absolute atomic E-state index is 0.287. The second-order valence-corrected chi connectivity index (χ2v) is 1.75. The molecule has 0 fully saturated rings. The Balaban J connectivity index is 0.000000241. The molecule has 3 N–H and O–H groups in total. The van der Waals surface area contributed by atoms with Gasteiger partial charge in [-0.15, -0.1) is 10.2 Å². The third-order valence-corrected chi connectivity index (χ3v) is 0.684. The van der Waals surface area contributed by atoms with E-state index in [1.54, 1.807) is 0 Å². The van der Waals surface area contributed by atoms with Gasteiger partial charge in [-0.25, -0.2) is 4.79 Å². The van der Waals surface area contributed by atoms with Crippen LogP contribution >= 0.6 is 0 Å². The molecule has 1 heterocycles. The summed E-state index contributed by atoms with van der Waals surface area (Å²) < 4.78 is 31.7. The van der Waals surface area contributed by atoms with Crippen LogP contribution in [0.2, 0.25) is 0 Å². The van der Waals surface area contributed by atoms with Crippen LogP contribution in [0.15, 0.2) is 6.20 Å². The predicted molar refractivity (Wildman–Crippen MR) is 35.7 cm³/mol. The summed E-state index contributed by atoms with van der Waals surface area (Å²) in [5, 5.41) is 20.1. The van der Waals surface area contributed by atoms with Crippen molar-refractivity contribution in [2.75, 3.05) is 5.73 Å². The van der Waals surface area contributed by atoms with E-state index in [0.717, 1.165) is 0 Å². The first-order valence-electron chi connectivity index (χ1n) is 2.90. The lowest BCUT2D eigenvalue weighted by molar-refractivity contribution is -0.192. The van der Waals surface area contributed by atoms with E-state index in [2.05, 4.69) is 20.6 Å². The summed E-state index contributed by atoms with van der Waals surface area (Å²) in [5.74, 6) is -2.47. The normalized spacial score (nSPS) is 9.93. The van der Waals surface area contributed by atoms with Gasteiger partial charge in [-0.1, -0.05) is 0 Å². The summed E-state index contributed by atoms with van der Waals surface area (Å²) in [6, 6.07) is 0. The first kappa shape index (κ1) is 12.0. The zero-order valence-corrected chi connectivity index (χ0v) is 6.43. The number of nitrogen functional groups attached to an aromatic ring is 1. The number of hydrogen-bond acceptors (Lipinski definition) is 6. The molecule has 0 saturated heterocycles. The molecule has 0 aliphatic heterocycles. The van der Waals surface area contributed by atoms with Gasteiger partial charge >= 0.3 is 12.1 Å². The highest BCUT2D eigenvalue weighted by molar-refractivity contribution is 5.73. The number of nitrogens with two attached hydrogens (primary N) is 1. The molecule has 0 saturated carbocycles. The van der Waals surface area contributed by atoms with Crippen LogP contribution in [0.5, 0.6) is 0 Å². The summed E-state index contributed by atoms with van der Waals surface area (Å²) in [6.07, 6.45) is -3.76. The lowest BCUT2D eigenvalue weighted by atomic mass is 10.7. The standard InChI is InChI=1S/C2HF3O2.C2H3N5/c3-2(4,5)1(6)7;3-2-1-4-6-7-5-2/h(H,6,7);1H,(H2,3,5,6). The molecule has 0 amide bonds.